The molecule has 190 valence electrons. The van der Waals surface area contributed by atoms with Gasteiger partial charge in [-0.15, -0.1) is 10.2 Å². The molecule has 4 aromatic rings. The van der Waals surface area contributed by atoms with E-state index in [9.17, 15) is 4.79 Å². The fraction of sp³-hybridized carbons (Fsp3) is 0.280. The molecule has 4 heterocycles. The van der Waals surface area contributed by atoms with Crippen molar-refractivity contribution in [1.82, 2.24) is 30.0 Å². The molecule has 1 N–H and O–H groups in total. The van der Waals surface area contributed by atoms with Crippen molar-refractivity contribution in [3.8, 4) is 5.75 Å². The third-order valence-electron chi connectivity index (χ3n) is 6.14. The van der Waals surface area contributed by atoms with Crippen molar-refractivity contribution in [2.75, 3.05) is 30.4 Å². The van der Waals surface area contributed by atoms with Crippen LogP contribution >= 0.6 is 22.9 Å². The molecular formula is C25H25ClN8O2S. The maximum atomic E-state index is 12.0. The summed E-state index contributed by atoms with van der Waals surface area (Å²) in [5, 5.41) is 13.5. The zero-order valence-electron chi connectivity index (χ0n) is 20.4. The van der Waals surface area contributed by atoms with E-state index >= 15 is 0 Å². The van der Waals surface area contributed by atoms with Crippen LogP contribution in [0.25, 0.3) is 11.0 Å². The van der Waals surface area contributed by atoms with Crippen LogP contribution in [0.4, 0.5) is 17.3 Å². The molecule has 1 saturated heterocycles. The summed E-state index contributed by atoms with van der Waals surface area (Å²) in [7, 11) is 1.99. The number of benzene rings is 1. The van der Waals surface area contributed by atoms with Crippen molar-refractivity contribution >= 4 is 57.2 Å². The van der Waals surface area contributed by atoms with Crippen LogP contribution in [0.5, 0.6) is 5.75 Å². The zero-order chi connectivity index (χ0) is 25.9. The molecule has 12 heteroatoms. The molecule has 0 saturated carbocycles. The van der Waals surface area contributed by atoms with Crippen LogP contribution < -0.4 is 15.0 Å². The molecular weight excluding hydrogens is 512 g/mol. The lowest BCUT2D eigenvalue weighted by Gasteiger charge is -2.26. The van der Waals surface area contributed by atoms with Gasteiger partial charge in [-0.1, -0.05) is 29.5 Å². The predicted octanol–water partition coefficient (Wildman–Crippen LogP) is 4.38. The monoisotopic (exact) mass is 536 g/mol. The SMILES string of the molecule is C=CC(=O)N1CCC(N(C)c2ccc3ncnc(Nc4ccc(OCc5nnc(C)s5)c(Cl)c4)c3n2)C1. The van der Waals surface area contributed by atoms with E-state index in [2.05, 4.69) is 37.0 Å². The van der Waals surface area contributed by atoms with Crippen LogP contribution in [-0.4, -0.2) is 62.1 Å². The van der Waals surface area contributed by atoms with E-state index in [1.807, 2.05) is 32.2 Å². The van der Waals surface area contributed by atoms with Gasteiger partial charge in [0.25, 0.3) is 0 Å². The van der Waals surface area contributed by atoms with Crippen LogP contribution in [0.15, 0.2) is 49.3 Å². The fourth-order valence-electron chi connectivity index (χ4n) is 4.16. The Bertz CT molecular complexity index is 1460. The first-order valence-electron chi connectivity index (χ1n) is 11.7. The molecule has 0 bridgehead atoms. The molecule has 0 radical (unpaired) electrons. The number of ether oxygens (including phenoxy) is 1. The van der Waals surface area contributed by atoms with Gasteiger partial charge in [-0.25, -0.2) is 15.0 Å². The van der Waals surface area contributed by atoms with E-state index in [0.29, 0.717) is 47.3 Å². The minimum atomic E-state index is -0.0485. The highest BCUT2D eigenvalue weighted by Crippen LogP contribution is 2.31. The van der Waals surface area contributed by atoms with Crippen molar-refractivity contribution in [1.29, 1.82) is 0 Å². The topological polar surface area (TPSA) is 109 Å². The van der Waals surface area contributed by atoms with Crippen LogP contribution in [-0.2, 0) is 11.4 Å². The fourth-order valence-corrected chi connectivity index (χ4v) is 5.02. The lowest BCUT2D eigenvalue weighted by molar-refractivity contribution is -0.125. The summed E-state index contributed by atoms with van der Waals surface area (Å²) in [4.78, 5) is 29.5. The standard InChI is InChI=1S/C25H25ClN8O2S/c1-4-23(35)34-10-9-17(12-34)33(3)21-8-6-19-24(30-21)25(28-14-27-19)29-16-5-7-20(18(26)11-16)36-13-22-32-31-15(2)37-22/h4-8,11,14,17H,1,9-10,12-13H2,2-3H3,(H,27,28,29). The van der Waals surface area contributed by atoms with Crippen LogP contribution in [0.1, 0.15) is 16.4 Å². The number of rotatable bonds is 8. The molecule has 1 aliphatic rings. The van der Waals surface area contributed by atoms with Gasteiger partial charge in [0.1, 0.15) is 35.0 Å². The number of fused-ring (bicyclic) bond motifs is 1. The molecule has 1 aromatic carbocycles. The zero-order valence-corrected chi connectivity index (χ0v) is 22.0. The van der Waals surface area contributed by atoms with E-state index in [1.165, 1.54) is 23.7 Å². The van der Waals surface area contributed by atoms with E-state index in [-0.39, 0.29) is 11.9 Å². The number of amides is 1. The molecule has 1 atom stereocenters. The number of likely N-dealkylation sites (tertiary alicyclic amines) is 1. The van der Waals surface area contributed by atoms with E-state index in [4.69, 9.17) is 21.3 Å². The molecule has 5 rings (SSSR count). The number of nitrogens with zero attached hydrogens (tertiary/aromatic N) is 7. The van der Waals surface area contributed by atoms with Crippen molar-refractivity contribution in [3.05, 3.63) is 64.4 Å². The van der Waals surface area contributed by atoms with Gasteiger partial charge in [0.2, 0.25) is 5.91 Å². The molecule has 1 amide bonds. The highest BCUT2D eigenvalue weighted by atomic mass is 35.5. The normalized spacial score (nSPS) is 15.1. The number of halogens is 1. The summed E-state index contributed by atoms with van der Waals surface area (Å²) >= 11 is 7.97. The van der Waals surface area contributed by atoms with Gasteiger partial charge in [0.15, 0.2) is 10.8 Å². The summed E-state index contributed by atoms with van der Waals surface area (Å²) in [6, 6.07) is 9.44. The number of nitrogens with one attached hydrogen (secondary N) is 1. The van der Waals surface area contributed by atoms with Crippen molar-refractivity contribution < 1.29 is 9.53 Å². The maximum Gasteiger partial charge on any atom is 0.246 e. The van der Waals surface area contributed by atoms with Gasteiger partial charge in [-0.3, -0.25) is 4.79 Å². The third-order valence-corrected chi connectivity index (χ3v) is 7.25. The van der Waals surface area contributed by atoms with Gasteiger partial charge < -0.3 is 19.9 Å². The maximum absolute atomic E-state index is 12.0. The quantitative estimate of drug-likeness (QED) is 0.328. The molecule has 1 unspecified atom stereocenters. The lowest BCUT2D eigenvalue weighted by Crippen LogP contribution is -2.36. The van der Waals surface area contributed by atoms with Gasteiger partial charge in [-0.2, -0.15) is 0 Å². The first-order valence-corrected chi connectivity index (χ1v) is 12.8. The second kappa shape index (κ2) is 10.7. The van der Waals surface area contributed by atoms with Crippen LogP contribution in [0.3, 0.4) is 0 Å². The Hall–Kier alpha value is -3.83. The number of carbonyl (C=O) groups excluding carboxylic acids is 1. The summed E-state index contributed by atoms with van der Waals surface area (Å²) in [5.41, 5.74) is 2.08. The second-order valence-corrected chi connectivity index (χ2v) is 10.2. The smallest absolute Gasteiger partial charge is 0.246 e. The van der Waals surface area contributed by atoms with Crippen LogP contribution in [0.2, 0.25) is 5.02 Å². The first kappa shape index (κ1) is 24.8. The van der Waals surface area contributed by atoms with Gasteiger partial charge in [0.05, 0.1) is 10.5 Å². The van der Waals surface area contributed by atoms with E-state index < -0.39 is 0 Å². The molecule has 1 aliphatic heterocycles. The molecule has 3 aromatic heterocycles. The summed E-state index contributed by atoms with van der Waals surface area (Å²) in [6.45, 7) is 7.11. The second-order valence-electron chi connectivity index (χ2n) is 8.57. The molecule has 0 aliphatic carbocycles. The Balaban J connectivity index is 1.33. The highest BCUT2D eigenvalue weighted by Gasteiger charge is 2.28. The number of anilines is 3. The lowest BCUT2D eigenvalue weighted by atomic mass is 10.2. The van der Waals surface area contributed by atoms with Crippen LogP contribution in [0, 0.1) is 6.92 Å². The summed E-state index contributed by atoms with van der Waals surface area (Å²) in [5.74, 6) is 1.84. The number of hydrogen-bond donors (Lipinski definition) is 1. The van der Waals surface area contributed by atoms with Crippen molar-refractivity contribution in [2.24, 2.45) is 0 Å². The first-order chi connectivity index (χ1) is 17.9. The Labute approximate surface area is 223 Å². The van der Waals surface area contributed by atoms with Crippen molar-refractivity contribution in [3.63, 3.8) is 0 Å². The Morgan fingerprint density at radius 1 is 1.32 bits per heavy atom. The molecule has 37 heavy (non-hydrogen) atoms. The highest BCUT2D eigenvalue weighted by molar-refractivity contribution is 7.11. The van der Waals surface area contributed by atoms with Crippen molar-refractivity contribution in [2.45, 2.75) is 26.0 Å². The number of aryl methyl sites for hydroxylation is 1. The summed E-state index contributed by atoms with van der Waals surface area (Å²) in [6.07, 6.45) is 3.71. The van der Waals surface area contributed by atoms with E-state index in [0.717, 1.165) is 27.9 Å². The van der Waals surface area contributed by atoms with Gasteiger partial charge >= 0.3 is 0 Å². The number of pyridine rings is 1. The number of carbonyl (C=O) groups is 1. The third kappa shape index (κ3) is 5.47. The average molecular weight is 537 g/mol. The average Bonchev–Trinajstić information content (AvgIpc) is 3.57. The largest absolute Gasteiger partial charge is 0.485 e. The Morgan fingerprint density at radius 3 is 2.95 bits per heavy atom. The van der Waals surface area contributed by atoms with Gasteiger partial charge in [-0.05, 0) is 49.8 Å². The number of hydrogen-bond acceptors (Lipinski definition) is 10. The Morgan fingerprint density at radius 2 is 2.19 bits per heavy atom. The molecule has 10 nitrogen and oxygen atoms in total. The van der Waals surface area contributed by atoms with Gasteiger partial charge in [0, 0.05) is 31.9 Å². The Kier molecular flexibility index (Phi) is 7.15. The van der Waals surface area contributed by atoms with E-state index in [1.54, 1.807) is 17.0 Å². The summed E-state index contributed by atoms with van der Waals surface area (Å²) < 4.78 is 5.81. The number of likely N-dealkylation sites (N-methyl/N-ethyl adjacent to an activating group) is 1. The number of aromatic nitrogens is 5. The predicted molar refractivity (Wildman–Crippen MR) is 145 cm³/mol. The molecule has 0 spiro atoms. The minimum absolute atomic E-state index is 0.0485. The molecule has 1 fully saturated rings. The minimum Gasteiger partial charge on any atom is -0.485 e.